The third-order valence-corrected chi connectivity index (χ3v) is 13.8. The van der Waals surface area contributed by atoms with Gasteiger partial charge in [-0.05, 0) is 99.2 Å². The highest BCUT2D eigenvalue weighted by molar-refractivity contribution is 6.33. The maximum Gasteiger partial charge on any atom is 0.301 e. The van der Waals surface area contributed by atoms with Crippen LogP contribution in [0.25, 0.3) is 21.8 Å². The van der Waals surface area contributed by atoms with Crippen LogP contribution in [-0.4, -0.2) is 85.8 Å². The van der Waals surface area contributed by atoms with E-state index in [4.69, 9.17) is 26.4 Å². The maximum atomic E-state index is 15.2. The van der Waals surface area contributed by atoms with Gasteiger partial charge in [0.2, 0.25) is 23.5 Å². The lowest BCUT2D eigenvalue weighted by atomic mass is 9.71. The van der Waals surface area contributed by atoms with Crippen LogP contribution in [0.4, 0.5) is 31.9 Å². The van der Waals surface area contributed by atoms with Crippen molar-refractivity contribution in [2.24, 2.45) is 25.4 Å². The van der Waals surface area contributed by atoms with Gasteiger partial charge in [-0.15, -0.1) is 0 Å². The van der Waals surface area contributed by atoms with E-state index in [-0.39, 0.29) is 34.6 Å². The number of benzene rings is 2. The summed E-state index contributed by atoms with van der Waals surface area (Å²) in [4.78, 5) is 51.7. The number of amides is 2. The van der Waals surface area contributed by atoms with Crippen molar-refractivity contribution in [3.63, 3.8) is 0 Å². The fraction of sp³-hybridized carbons (Fsp3) is 0.488. The van der Waals surface area contributed by atoms with E-state index in [0.29, 0.717) is 59.1 Å². The summed E-state index contributed by atoms with van der Waals surface area (Å²) in [6, 6.07) is 10.7. The number of hydrogen-bond acceptors (Lipinski definition) is 11. The predicted molar refractivity (Wildman–Crippen MR) is 224 cm³/mol. The number of likely N-dealkylation sites (tertiary alicyclic amines) is 1. The summed E-state index contributed by atoms with van der Waals surface area (Å²) < 4.78 is 39.1. The Hall–Kier alpha value is -5.35. The van der Waals surface area contributed by atoms with Crippen molar-refractivity contribution < 1.29 is 23.1 Å². The van der Waals surface area contributed by atoms with Gasteiger partial charge in [0.05, 0.1) is 40.6 Å². The molecule has 314 valence electrons. The summed E-state index contributed by atoms with van der Waals surface area (Å²) >= 11 is 6.65. The first kappa shape index (κ1) is 38.8. The van der Waals surface area contributed by atoms with Crippen LogP contribution >= 0.6 is 11.6 Å². The second-order valence-electron chi connectivity index (χ2n) is 17.4. The Kier molecular flexibility index (Phi) is 9.50. The molecule has 5 aromatic rings. The largest absolute Gasteiger partial charge is 0.480 e. The summed E-state index contributed by atoms with van der Waals surface area (Å²) in [6.45, 7) is 3.64. The minimum absolute atomic E-state index is 0.105. The number of fused-ring (bicyclic) bond motifs is 4. The number of nitrogens with one attached hydrogen (secondary N) is 3. The number of alkyl halides is 2. The van der Waals surface area contributed by atoms with Gasteiger partial charge in [0.1, 0.15) is 5.02 Å². The Bertz CT molecular complexity index is 2610. The Morgan fingerprint density at radius 2 is 1.72 bits per heavy atom. The Morgan fingerprint density at radius 3 is 2.47 bits per heavy atom. The molecular formula is C43H47ClF2N10O4. The fourth-order valence-corrected chi connectivity index (χ4v) is 9.92. The minimum atomic E-state index is -3.13. The third kappa shape index (κ3) is 7.00. The lowest BCUT2D eigenvalue weighted by Crippen LogP contribution is -2.47. The highest BCUT2D eigenvalue weighted by Gasteiger charge is 2.51. The summed E-state index contributed by atoms with van der Waals surface area (Å²) in [5.74, 6) is -3.33. The van der Waals surface area contributed by atoms with Gasteiger partial charge in [-0.25, -0.2) is 13.8 Å². The molecule has 3 saturated heterocycles. The third-order valence-electron chi connectivity index (χ3n) is 13.5. The summed E-state index contributed by atoms with van der Waals surface area (Å²) in [7, 11) is 3.51. The molecule has 2 amide bonds. The van der Waals surface area contributed by atoms with Crippen LogP contribution in [0.2, 0.25) is 5.02 Å². The zero-order valence-corrected chi connectivity index (χ0v) is 34.3. The van der Waals surface area contributed by atoms with Crippen molar-refractivity contribution in [2.45, 2.75) is 75.8 Å². The number of anilines is 4. The molecule has 2 atom stereocenters. The molecule has 3 N–H and O–H groups in total. The molecule has 0 bridgehead atoms. The Balaban J connectivity index is 0.791. The number of carbonyl (C=O) groups excluding carboxylic acids is 2. The monoisotopic (exact) mass is 840 g/mol. The second-order valence-corrected chi connectivity index (χ2v) is 17.8. The predicted octanol–water partition coefficient (Wildman–Crippen LogP) is 6.23. The normalized spacial score (nSPS) is 22.9. The minimum Gasteiger partial charge on any atom is -0.480 e. The van der Waals surface area contributed by atoms with Crippen molar-refractivity contribution in [2.75, 3.05) is 48.3 Å². The molecule has 1 spiro atoms. The molecule has 3 aromatic heterocycles. The number of nitrogens with zero attached hydrogens (tertiary/aromatic N) is 7. The van der Waals surface area contributed by atoms with Gasteiger partial charge in [0.15, 0.2) is 12.4 Å². The molecule has 2 unspecified atom stereocenters. The molecule has 1 aliphatic carbocycles. The van der Waals surface area contributed by atoms with Gasteiger partial charge in [0, 0.05) is 56.6 Å². The lowest BCUT2D eigenvalue weighted by molar-refractivity contribution is -0.134. The average molecular weight is 841 g/mol. The van der Waals surface area contributed by atoms with Crippen molar-refractivity contribution >= 4 is 68.4 Å². The standard InChI is InChI=1S/C43H47ClF2N10O4/c1-53-31-9-6-26(20-29(31)35-36(40(53)59)60-23-43(45,46)37(50-35)25-4-5-25)48-38-30(44)21-47-41(51-38)56-17-13-42(14-18-56)11-15-55(16-12-42)22-24-3-7-27-32(19-24)54(2)52-34(27)28-8-10-33(57)49-39(28)58/h3,6-7,9,19-21,25,28,37,50H,4-5,8,10-18,22-23H2,1-2H3,(H,47,48,51)(H,49,57,58). The van der Waals surface area contributed by atoms with Crippen LogP contribution in [0.15, 0.2) is 47.4 Å². The van der Waals surface area contributed by atoms with E-state index in [1.54, 1.807) is 19.3 Å². The molecule has 5 aliphatic rings. The van der Waals surface area contributed by atoms with Gasteiger partial charge >= 0.3 is 5.92 Å². The number of aromatic nitrogens is 5. The average Bonchev–Trinajstić information content (AvgIpc) is 4.04. The van der Waals surface area contributed by atoms with Crippen molar-refractivity contribution in [3.05, 3.63) is 69.2 Å². The van der Waals surface area contributed by atoms with Gasteiger partial charge < -0.3 is 24.8 Å². The lowest BCUT2D eigenvalue weighted by Gasteiger charge is -2.47. The summed E-state index contributed by atoms with van der Waals surface area (Å²) in [5.41, 5.74) is 4.19. The van der Waals surface area contributed by atoms with E-state index in [2.05, 4.69) is 48.9 Å². The number of ether oxygens (including phenoxy) is 1. The Morgan fingerprint density at radius 1 is 0.950 bits per heavy atom. The highest BCUT2D eigenvalue weighted by atomic mass is 35.5. The van der Waals surface area contributed by atoms with Gasteiger partial charge in [0.25, 0.3) is 5.56 Å². The molecule has 4 fully saturated rings. The molecule has 7 heterocycles. The Labute approximate surface area is 349 Å². The van der Waals surface area contributed by atoms with E-state index >= 15 is 8.78 Å². The first-order chi connectivity index (χ1) is 28.8. The maximum absolute atomic E-state index is 15.2. The van der Waals surface area contributed by atoms with Gasteiger partial charge in [-0.2, -0.15) is 10.1 Å². The molecule has 4 aliphatic heterocycles. The van der Waals surface area contributed by atoms with E-state index in [0.717, 1.165) is 75.0 Å². The first-order valence-corrected chi connectivity index (χ1v) is 21.2. The highest BCUT2D eigenvalue weighted by Crippen LogP contribution is 2.46. The van der Waals surface area contributed by atoms with E-state index in [1.165, 1.54) is 10.1 Å². The smallest absolute Gasteiger partial charge is 0.301 e. The van der Waals surface area contributed by atoms with Crippen LogP contribution < -0.4 is 31.1 Å². The van der Waals surface area contributed by atoms with E-state index in [9.17, 15) is 14.4 Å². The molecule has 17 heteroatoms. The quantitative estimate of drug-likeness (QED) is 0.160. The SMILES string of the molecule is Cn1nc(C2CCC(=O)NC2=O)c2ccc(CN3CCC4(CC3)CCN(c3ncc(Cl)c(Nc5ccc6c(c5)c5c(c(=O)n6C)OCC(F)(F)C(C6CC6)N5)n3)CC4)cc21. The number of hydrogen-bond donors (Lipinski definition) is 3. The van der Waals surface area contributed by atoms with Crippen LogP contribution in [0.5, 0.6) is 5.75 Å². The number of imide groups is 1. The molecule has 10 rings (SSSR count). The van der Waals surface area contributed by atoms with Gasteiger partial charge in [-0.3, -0.25) is 29.3 Å². The number of halogens is 3. The van der Waals surface area contributed by atoms with Crippen molar-refractivity contribution in [1.29, 1.82) is 0 Å². The molecule has 14 nitrogen and oxygen atoms in total. The van der Waals surface area contributed by atoms with Crippen LogP contribution in [0, 0.1) is 11.3 Å². The molecule has 2 aromatic carbocycles. The zero-order chi connectivity index (χ0) is 41.5. The number of piperidine rings is 3. The number of pyridine rings is 1. The van der Waals surface area contributed by atoms with Crippen LogP contribution in [0.1, 0.15) is 68.5 Å². The van der Waals surface area contributed by atoms with Gasteiger partial charge in [-0.1, -0.05) is 23.7 Å². The zero-order valence-electron chi connectivity index (χ0n) is 33.6. The molecule has 60 heavy (non-hydrogen) atoms. The second kappa shape index (κ2) is 14.7. The first-order valence-electron chi connectivity index (χ1n) is 20.8. The number of rotatable bonds is 7. The molecular weight excluding hydrogens is 794 g/mol. The number of carbonyl (C=O) groups is 2. The van der Waals surface area contributed by atoms with Crippen LogP contribution in [0.3, 0.4) is 0 Å². The fourth-order valence-electron chi connectivity index (χ4n) is 9.79. The number of aryl methyl sites for hydroxylation is 2. The van der Waals surface area contributed by atoms with E-state index in [1.807, 2.05) is 23.9 Å². The van der Waals surface area contributed by atoms with Crippen LogP contribution in [-0.2, 0) is 30.2 Å². The van der Waals surface area contributed by atoms with Crippen molar-refractivity contribution in [3.8, 4) is 5.75 Å². The van der Waals surface area contributed by atoms with Crippen molar-refractivity contribution in [1.82, 2.24) is 34.5 Å². The van der Waals surface area contributed by atoms with E-state index < -0.39 is 30.0 Å². The molecule has 0 radical (unpaired) electrons. The summed E-state index contributed by atoms with van der Waals surface area (Å²) in [5, 5.41) is 15.4. The topological polar surface area (TPSA) is 152 Å². The summed E-state index contributed by atoms with van der Waals surface area (Å²) in [6.07, 6.45) is 8.08. The molecule has 1 saturated carbocycles.